The summed E-state index contributed by atoms with van der Waals surface area (Å²) in [5.74, 6) is 1.11. The Bertz CT molecular complexity index is 711. The van der Waals surface area contributed by atoms with Gasteiger partial charge in [0.1, 0.15) is 12.4 Å². The van der Waals surface area contributed by atoms with Crippen molar-refractivity contribution in [3.63, 3.8) is 0 Å². The van der Waals surface area contributed by atoms with Crippen LogP contribution in [0, 0.1) is 5.92 Å². The molecular formula is C22H26O4. The summed E-state index contributed by atoms with van der Waals surface area (Å²) in [6.07, 6.45) is 3.35. The molecule has 0 saturated carbocycles. The van der Waals surface area contributed by atoms with Crippen LogP contribution in [0.2, 0.25) is 0 Å². The van der Waals surface area contributed by atoms with Crippen molar-refractivity contribution in [2.75, 3.05) is 20.3 Å². The van der Waals surface area contributed by atoms with Gasteiger partial charge in [0.15, 0.2) is 0 Å². The zero-order chi connectivity index (χ0) is 18.2. The van der Waals surface area contributed by atoms with E-state index in [0.29, 0.717) is 32.2 Å². The zero-order valence-corrected chi connectivity index (χ0v) is 15.3. The van der Waals surface area contributed by atoms with Crippen LogP contribution >= 0.6 is 0 Å². The van der Waals surface area contributed by atoms with Crippen LogP contribution in [0.4, 0.5) is 0 Å². The Hall–Kier alpha value is -2.33. The van der Waals surface area contributed by atoms with Crippen LogP contribution < -0.4 is 4.74 Å². The molecule has 1 aliphatic rings. The Balaban J connectivity index is 1.50. The van der Waals surface area contributed by atoms with E-state index in [9.17, 15) is 4.79 Å². The van der Waals surface area contributed by atoms with Crippen molar-refractivity contribution in [2.45, 2.75) is 32.3 Å². The highest BCUT2D eigenvalue weighted by Crippen LogP contribution is 2.33. The van der Waals surface area contributed by atoms with E-state index in [1.54, 1.807) is 0 Å². The van der Waals surface area contributed by atoms with Crippen molar-refractivity contribution in [1.82, 2.24) is 0 Å². The van der Waals surface area contributed by atoms with Gasteiger partial charge >= 0.3 is 5.97 Å². The second kappa shape index (κ2) is 9.39. The van der Waals surface area contributed by atoms with Gasteiger partial charge in [-0.05, 0) is 47.9 Å². The first-order valence-electron chi connectivity index (χ1n) is 9.18. The molecule has 0 saturated heterocycles. The summed E-state index contributed by atoms with van der Waals surface area (Å²) in [4.78, 5) is 11.6. The summed E-state index contributed by atoms with van der Waals surface area (Å²) in [7, 11) is 1.45. The largest absolute Gasteiger partial charge is 0.491 e. The second-order valence-electron chi connectivity index (χ2n) is 6.67. The van der Waals surface area contributed by atoms with Gasteiger partial charge in [-0.25, -0.2) is 0 Å². The average molecular weight is 354 g/mol. The summed E-state index contributed by atoms with van der Waals surface area (Å²) in [5.41, 5.74) is 3.72. The lowest BCUT2D eigenvalue weighted by atomic mass is 9.82. The van der Waals surface area contributed by atoms with Crippen molar-refractivity contribution >= 4 is 5.97 Å². The lowest BCUT2D eigenvalue weighted by Crippen LogP contribution is -2.19. The van der Waals surface area contributed by atoms with Gasteiger partial charge in [-0.2, -0.15) is 0 Å². The Labute approximate surface area is 155 Å². The fraction of sp³-hybridized carbons (Fsp3) is 0.409. The molecule has 0 spiro atoms. The van der Waals surface area contributed by atoms with Crippen molar-refractivity contribution in [1.29, 1.82) is 0 Å². The highest BCUT2D eigenvalue weighted by molar-refractivity contribution is 5.69. The Morgan fingerprint density at radius 2 is 1.92 bits per heavy atom. The molecule has 0 fully saturated rings. The van der Waals surface area contributed by atoms with Gasteiger partial charge in [0.05, 0.1) is 20.3 Å². The van der Waals surface area contributed by atoms with Crippen LogP contribution in [0.1, 0.15) is 29.5 Å². The first kappa shape index (κ1) is 18.5. The number of esters is 1. The number of aryl methyl sites for hydroxylation is 1. The molecule has 0 heterocycles. The van der Waals surface area contributed by atoms with E-state index in [1.165, 1.54) is 18.2 Å². The molecule has 0 aromatic heterocycles. The molecule has 0 amide bonds. The van der Waals surface area contributed by atoms with Gasteiger partial charge < -0.3 is 14.2 Å². The van der Waals surface area contributed by atoms with E-state index in [2.05, 4.69) is 18.2 Å². The molecule has 1 atom stereocenters. The van der Waals surface area contributed by atoms with Crippen LogP contribution in [0.5, 0.6) is 5.75 Å². The summed E-state index contributed by atoms with van der Waals surface area (Å²) >= 11 is 0. The number of hydrogen-bond acceptors (Lipinski definition) is 4. The summed E-state index contributed by atoms with van der Waals surface area (Å²) in [5, 5.41) is 0. The third kappa shape index (κ3) is 5.09. The maximum atomic E-state index is 11.6. The fourth-order valence-electron chi connectivity index (χ4n) is 3.43. The predicted octanol–water partition coefficient (Wildman–Crippen LogP) is 3.95. The minimum atomic E-state index is -0.133. The molecule has 4 heteroatoms. The van der Waals surface area contributed by atoms with Gasteiger partial charge in [0.25, 0.3) is 0 Å². The molecule has 4 nitrogen and oxygen atoms in total. The Kier molecular flexibility index (Phi) is 6.67. The van der Waals surface area contributed by atoms with Gasteiger partial charge in [-0.15, -0.1) is 0 Å². The molecule has 0 N–H and O–H groups in total. The molecule has 138 valence electrons. The molecule has 0 aliphatic heterocycles. The third-order valence-electron chi connectivity index (χ3n) is 4.82. The Morgan fingerprint density at radius 3 is 2.73 bits per heavy atom. The number of carbonyl (C=O) groups is 1. The molecule has 1 unspecified atom stereocenters. The van der Waals surface area contributed by atoms with E-state index >= 15 is 0 Å². The number of fused-ring (bicyclic) bond motifs is 1. The molecule has 2 aromatic carbocycles. The molecular weight excluding hydrogens is 328 g/mol. The maximum absolute atomic E-state index is 11.6. The van der Waals surface area contributed by atoms with E-state index in [-0.39, 0.29) is 5.97 Å². The fourth-order valence-corrected chi connectivity index (χ4v) is 3.43. The SMILES string of the molecule is COC(=O)CC1CCc2cccc(OCCOCc3ccccc3)c2C1. The summed E-state index contributed by atoms with van der Waals surface area (Å²) < 4.78 is 16.5. The number of carbonyl (C=O) groups excluding carboxylic acids is 1. The number of ether oxygens (including phenoxy) is 3. The number of benzene rings is 2. The highest BCUT2D eigenvalue weighted by atomic mass is 16.5. The predicted molar refractivity (Wildman–Crippen MR) is 100 cm³/mol. The summed E-state index contributed by atoms with van der Waals surface area (Å²) in [6, 6.07) is 16.3. The molecule has 26 heavy (non-hydrogen) atoms. The molecule has 2 aromatic rings. The normalized spacial score (nSPS) is 16.0. The van der Waals surface area contributed by atoms with Gasteiger partial charge in [0, 0.05) is 6.42 Å². The monoisotopic (exact) mass is 354 g/mol. The van der Waals surface area contributed by atoms with Gasteiger partial charge in [-0.3, -0.25) is 4.79 Å². The smallest absolute Gasteiger partial charge is 0.305 e. The zero-order valence-electron chi connectivity index (χ0n) is 15.3. The maximum Gasteiger partial charge on any atom is 0.305 e. The average Bonchev–Trinajstić information content (AvgIpc) is 2.68. The summed E-state index contributed by atoms with van der Waals surface area (Å²) in [6.45, 7) is 1.66. The van der Waals surface area contributed by atoms with Crippen LogP contribution in [-0.2, 0) is 33.7 Å². The van der Waals surface area contributed by atoms with Crippen molar-refractivity contribution < 1.29 is 19.0 Å². The molecule has 1 aliphatic carbocycles. The van der Waals surface area contributed by atoms with Crippen molar-refractivity contribution in [3.05, 3.63) is 65.2 Å². The minimum Gasteiger partial charge on any atom is -0.491 e. The number of hydrogen-bond donors (Lipinski definition) is 0. The lowest BCUT2D eigenvalue weighted by Gasteiger charge is -2.25. The van der Waals surface area contributed by atoms with Crippen LogP contribution in [0.25, 0.3) is 0 Å². The number of rotatable bonds is 8. The van der Waals surface area contributed by atoms with E-state index in [4.69, 9.17) is 14.2 Å². The minimum absolute atomic E-state index is 0.133. The number of methoxy groups -OCH3 is 1. The quantitative estimate of drug-likeness (QED) is 0.532. The molecule has 0 radical (unpaired) electrons. The van der Waals surface area contributed by atoms with Crippen LogP contribution in [-0.4, -0.2) is 26.3 Å². The topological polar surface area (TPSA) is 44.8 Å². The second-order valence-corrected chi connectivity index (χ2v) is 6.67. The van der Waals surface area contributed by atoms with E-state index in [1.807, 2.05) is 30.3 Å². The Morgan fingerprint density at radius 1 is 1.08 bits per heavy atom. The van der Waals surface area contributed by atoms with Crippen molar-refractivity contribution in [3.8, 4) is 5.75 Å². The molecule has 0 bridgehead atoms. The standard InChI is InChI=1S/C22H26O4/c1-24-22(23)15-18-10-11-19-8-5-9-21(20(19)14-18)26-13-12-25-16-17-6-3-2-4-7-17/h2-9,18H,10-16H2,1H3. The molecule has 3 rings (SSSR count). The van der Waals surface area contributed by atoms with Crippen molar-refractivity contribution in [2.24, 2.45) is 5.92 Å². The first-order chi connectivity index (χ1) is 12.8. The van der Waals surface area contributed by atoms with Gasteiger partial charge in [-0.1, -0.05) is 42.5 Å². The van der Waals surface area contributed by atoms with Crippen LogP contribution in [0.15, 0.2) is 48.5 Å². The third-order valence-corrected chi connectivity index (χ3v) is 4.82. The lowest BCUT2D eigenvalue weighted by molar-refractivity contribution is -0.141. The highest BCUT2D eigenvalue weighted by Gasteiger charge is 2.23. The van der Waals surface area contributed by atoms with Crippen LogP contribution in [0.3, 0.4) is 0 Å². The van der Waals surface area contributed by atoms with E-state index in [0.717, 1.165) is 30.6 Å². The van der Waals surface area contributed by atoms with Gasteiger partial charge in [0.2, 0.25) is 0 Å². The van der Waals surface area contributed by atoms with E-state index < -0.39 is 0 Å². The first-order valence-corrected chi connectivity index (χ1v) is 9.18.